The van der Waals surface area contributed by atoms with Gasteiger partial charge in [0, 0.05) is 17.6 Å². The first-order chi connectivity index (χ1) is 9.27. The van der Waals surface area contributed by atoms with Crippen molar-refractivity contribution in [1.29, 1.82) is 5.26 Å². The van der Waals surface area contributed by atoms with Gasteiger partial charge in [0.15, 0.2) is 0 Å². The maximum Gasteiger partial charge on any atom is 0.103 e. The highest BCUT2D eigenvalue weighted by Crippen LogP contribution is 2.32. The molecule has 3 heteroatoms. The number of thioether (sulfide) groups is 1. The fourth-order valence-electron chi connectivity index (χ4n) is 1.98. The largest absolute Gasteiger partial charge is 0.344 e. The third-order valence-electron chi connectivity index (χ3n) is 2.92. The molecule has 2 aromatic rings. The van der Waals surface area contributed by atoms with Crippen LogP contribution in [0.2, 0.25) is 0 Å². The van der Waals surface area contributed by atoms with Gasteiger partial charge in [0.1, 0.15) is 6.07 Å². The van der Waals surface area contributed by atoms with Gasteiger partial charge in [0.25, 0.3) is 0 Å². The number of hydrogen-bond donors (Lipinski definition) is 0. The second-order valence-electron chi connectivity index (χ2n) is 4.09. The zero-order valence-electron chi connectivity index (χ0n) is 11.1. The maximum atomic E-state index is 9.43. The molecular formula is C16H16N2S. The molecular weight excluding hydrogens is 252 g/mol. The summed E-state index contributed by atoms with van der Waals surface area (Å²) in [6.45, 7) is 2.10. The molecule has 0 spiro atoms. The Kier molecular flexibility index (Phi) is 4.48. The summed E-state index contributed by atoms with van der Waals surface area (Å²) in [5.74, 6) is 0.965. The van der Waals surface area contributed by atoms with Crippen molar-refractivity contribution >= 4 is 23.1 Å². The predicted octanol–water partition coefficient (Wildman–Crippen LogP) is 4.44. The topological polar surface area (TPSA) is 27.0 Å². The monoisotopic (exact) mass is 268 g/mol. The van der Waals surface area contributed by atoms with Crippen LogP contribution in [0, 0.1) is 11.3 Å². The van der Waals surface area contributed by atoms with E-state index in [-0.39, 0.29) is 0 Å². The van der Waals surface area contributed by atoms with Gasteiger partial charge in [0.05, 0.1) is 11.3 Å². The number of benzene rings is 2. The van der Waals surface area contributed by atoms with Crippen molar-refractivity contribution in [3.05, 3.63) is 54.1 Å². The van der Waals surface area contributed by atoms with Crippen molar-refractivity contribution < 1.29 is 0 Å². The van der Waals surface area contributed by atoms with Crippen LogP contribution in [0.15, 0.2) is 53.4 Å². The van der Waals surface area contributed by atoms with Crippen LogP contribution in [-0.4, -0.2) is 12.8 Å². The van der Waals surface area contributed by atoms with E-state index in [2.05, 4.69) is 17.9 Å². The second-order valence-corrected chi connectivity index (χ2v) is 5.40. The van der Waals surface area contributed by atoms with Gasteiger partial charge in [0.2, 0.25) is 0 Å². The van der Waals surface area contributed by atoms with Gasteiger partial charge in [-0.25, -0.2) is 0 Å². The minimum atomic E-state index is 0.751. The van der Waals surface area contributed by atoms with Gasteiger partial charge in [-0.05, 0) is 30.0 Å². The summed E-state index contributed by atoms with van der Waals surface area (Å²) in [5, 5.41) is 9.43. The molecule has 19 heavy (non-hydrogen) atoms. The van der Waals surface area contributed by atoms with Crippen molar-refractivity contribution in [2.75, 3.05) is 17.7 Å². The number of hydrogen-bond acceptors (Lipinski definition) is 3. The van der Waals surface area contributed by atoms with Crippen LogP contribution in [-0.2, 0) is 0 Å². The van der Waals surface area contributed by atoms with Crippen LogP contribution in [0.1, 0.15) is 12.5 Å². The van der Waals surface area contributed by atoms with Crippen molar-refractivity contribution in [3.8, 4) is 6.07 Å². The van der Waals surface area contributed by atoms with Crippen LogP contribution in [0.3, 0.4) is 0 Å². The van der Waals surface area contributed by atoms with Gasteiger partial charge in [-0.1, -0.05) is 31.2 Å². The van der Waals surface area contributed by atoms with Gasteiger partial charge >= 0.3 is 0 Å². The summed E-state index contributed by atoms with van der Waals surface area (Å²) >= 11 is 1.70. The SMILES string of the molecule is CCSc1cccc(N(C)c2ccccc2)c1C#N. The van der Waals surface area contributed by atoms with Crippen molar-refractivity contribution in [2.45, 2.75) is 11.8 Å². The highest BCUT2D eigenvalue weighted by atomic mass is 32.2. The third kappa shape index (κ3) is 2.91. The molecule has 0 amide bonds. The van der Waals surface area contributed by atoms with E-state index in [4.69, 9.17) is 0 Å². The Bertz CT molecular complexity index is 587. The molecule has 0 atom stereocenters. The Labute approximate surface area is 118 Å². The minimum absolute atomic E-state index is 0.751. The Morgan fingerprint density at radius 1 is 1.11 bits per heavy atom. The zero-order chi connectivity index (χ0) is 13.7. The van der Waals surface area contributed by atoms with Crippen LogP contribution in [0.4, 0.5) is 11.4 Å². The van der Waals surface area contributed by atoms with E-state index in [9.17, 15) is 5.26 Å². The number of nitriles is 1. The third-order valence-corrected chi connectivity index (χ3v) is 3.86. The molecule has 0 saturated carbocycles. The molecule has 0 aliphatic carbocycles. The Morgan fingerprint density at radius 2 is 1.84 bits per heavy atom. The molecule has 0 aliphatic rings. The van der Waals surface area contributed by atoms with Crippen LogP contribution < -0.4 is 4.90 Å². The lowest BCUT2D eigenvalue weighted by atomic mass is 10.1. The number of nitrogens with zero attached hydrogens (tertiary/aromatic N) is 2. The second kappa shape index (κ2) is 6.31. The number of rotatable bonds is 4. The van der Waals surface area contributed by atoms with Crippen molar-refractivity contribution in [1.82, 2.24) is 0 Å². The quantitative estimate of drug-likeness (QED) is 0.767. The molecule has 0 radical (unpaired) electrons. The Balaban J connectivity index is 2.45. The highest BCUT2D eigenvalue weighted by Gasteiger charge is 2.12. The molecule has 0 unspecified atom stereocenters. The van der Waals surface area contributed by atoms with Gasteiger partial charge < -0.3 is 4.90 Å². The van der Waals surface area contributed by atoms with E-state index in [1.807, 2.05) is 55.6 Å². The molecule has 0 aliphatic heterocycles. The number of anilines is 2. The summed E-state index contributed by atoms with van der Waals surface area (Å²) in [4.78, 5) is 3.10. The van der Waals surface area contributed by atoms with E-state index >= 15 is 0 Å². The summed E-state index contributed by atoms with van der Waals surface area (Å²) in [6, 6.07) is 18.4. The van der Waals surface area contributed by atoms with Gasteiger partial charge in [-0.3, -0.25) is 0 Å². The smallest absolute Gasteiger partial charge is 0.103 e. The first kappa shape index (κ1) is 13.5. The van der Waals surface area contributed by atoms with Crippen molar-refractivity contribution in [2.24, 2.45) is 0 Å². The summed E-state index contributed by atoms with van der Waals surface area (Å²) in [5.41, 5.74) is 2.78. The highest BCUT2D eigenvalue weighted by molar-refractivity contribution is 7.99. The first-order valence-electron chi connectivity index (χ1n) is 6.22. The lowest BCUT2D eigenvalue weighted by molar-refractivity contribution is 1.18. The molecule has 0 fully saturated rings. The summed E-state index contributed by atoms with van der Waals surface area (Å²) in [6.07, 6.45) is 0. The van der Waals surface area contributed by atoms with E-state index in [1.165, 1.54) is 0 Å². The standard InChI is InChI=1S/C16H16N2S/c1-3-19-16-11-7-10-15(14(16)12-17)18(2)13-8-5-4-6-9-13/h4-11H,3H2,1-2H3. The molecule has 0 bridgehead atoms. The van der Waals surface area contributed by atoms with Crippen LogP contribution >= 0.6 is 11.8 Å². The van der Waals surface area contributed by atoms with E-state index < -0.39 is 0 Å². The molecule has 96 valence electrons. The van der Waals surface area contributed by atoms with Gasteiger partial charge in [-0.15, -0.1) is 11.8 Å². The van der Waals surface area contributed by atoms with Gasteiger partial charge in [-0.2, -0.15) is 5.26 Å². The molecule has 2 rings (SSSR count). The van der Waals surface area contributed by atoms with E-state index in [0.29, 0.717) is 0 Å². The molecule has 0 N–H and O–H groups in total. The summed E-state index contributed by atoms with van der Waals surface area (Å²) < 4.78 is 0. The fourth-order valence-corrected chi connectivity index (χ4v) is 2.76. The van der Waals surface area contributed by atoms with Crippen LogP contribution in [0.25, 0.3) is 0 Å². The number of para-hydroxylation sites is 1. The molecule has 2 aromatic carbocycles. The molecule has 2 nitrogen and oxygen atoms in total. The minimum Gasteiger partial charge on any atom is -0.344 e. The van der Waals surface area contributed by atoms with Crippen molar-refractivity contribution in [3.63, 3.8) is 0 Å². The lowest BCUT2D eigenvalue weighted by Gasteiger charge is -2.21. The Morgan fingerprint density at radius 3 is 2.47 bits per heavy atom. The molecule has 0 saturated heterocycles. The maximum absolute atomic E-state index is 9.43. The first-order valence-corrected chi connectivity index (χ1v) is 7.21. The predicted molar refractivity (Wildman–Crippen MR) is 82.1 cm³/mol. The Hall–Kier alpha value is -1.92. The summed E-state index contributed by atoms with van der Waals surface area (Å²) in [7, 11) is 1.99. The fraction of sp³-hybridized carbons (Fsp3) is 0.188. The molecule has 0 heterocycles. The lowest BCUT2D eigenvalue weighted by Crippen LogP contribution is -2.11. The molecule has 0 aromatic heterocycles. The normalized spacial score (nSPS) is 9.95. The zero-order valence-corrected chi connectivity index (χ0v) is 11.9. The average Bonchev–Trinajstić information content (AvgIpc) is 2.47. The van der Waals surface area contributed by atoms with E-state index in [0.717, 1.165) is 27.6 Å². The average molecular weight is 268 g/mol. The van der Waals surface area contributed by atoms with E-state index in [1.54, 1.807) is 11.8 Å². The van der Waals surface area contributed by atoms with Crippen LogP contribution in [0.5, 0.6) is 0 Å².